The van der Waals surface area contributed by atoms with Crippen molar-refractivity contribution in [2.45, 2.75) is 19.8 Å². The van der Waals surface area contributed by atoms with Gasteiger partial charge in [-0.05, 0) is 36.8 Å². The van der Waals surface area contributed by atoms with Gasteiger partial charge in [0.1, 0.15) is 5.75 Å². The average molecular weight is 325 g/mol. The van der Waals surface area contributed by atoms with E-state index in [1.165, 1.54) is 0 Å². The molecule has 1 aliphatic heterocycles. The van der Waals surface area contributed by atoms with E-state index in [9.17, 15) is 4.79 Å². The lowest BCUT2D eigenvalue weighted by Crippen LogP contribution is -2.05. The van der Waals surface area contributed by atoms with Gasteiger partial charge in [0.25, 0.3) is 0 Å². The number of aliphatic imine (C=N–C) groups is 1. The molecule has 0 N–H and O–H groups in total. The van der Waals surface area contributed by atoms with Crippen molar-refractivity contribution in [3.8, 4) is 5.75 Å². The van der Waals surface area contributed by atoms with Crippen LogP contribution in [0.2, 0.25) is 0 Å². The van der Waals surface area contributed by atoms with Crippen molar-refractivity contribution in [1.29, 1.82) is 0 Å². The largest absolute Gasteiger partial charge is 0.494 e. The number of hydrogen-bond acceptors (Lipinski definition) is 5. The molecule has 0 fully saturated rings. The molecule has 124 valence electrons. The van der Waals surface area contributed by atoms with Crippen molar-refractivity contribution in [3.05, 3.63) is 53.5 Å². The molecule has 3 rings (SSSR count). The Morgan fingerprint density at radius 3 is 2.75 bits per heavy atom. The van der Waals surface area contributed by atoms with E-state index in [2.05, 4.69) is 17.0 Å². The minimum atomic E-state index is -0.461. The number of benzene rings is 1. The molecule has 0 bridgehead atoms. The van der Waals surface area contributed by atoms with E-state index in [1.807, 2.05) is 31.3 Å². The smallest absolute Gasteiger partial charge is 0.363 e. The van der Waals surface area contributed by atoms with E-state index in [-0.39, 0.29) is 5.70 Å². The topological polar surface area (TPSA) is 65.7 Å². The monoisotopic (exact) mass is 325 g/mol. The maximum absolute atomic E-state index is 12.0. The van der Waals surface area contributed by atoms with E-state index in [4.69, 9.17) is 9.47 Å². The lowest BCUT2D eigenvalue weighted by Gasteiger charge is -2.05. The lowest BCUT2D eigenvalue weighted by atomic mass is 10.2. The van der Waals surface area contributed by atoms with Crippen LogP contribution in [0.15, 0.2) is 47.3 Å². The fourth-order valence-electron chi connectivity index (χ4n) is 2.23. The fraction of sp³-hybridized carbons (Fsp3) is 0.278. The summed E-state index contributed by atoms with van der Waals surface area (Å²) in [7, 11) is 1.81. The van der Waals surface area contributed by atoms with Gasteiger partial charge in [0, 0.05) is 24.4 Å². The number of hydrogen-bond donors (Lipinski definition) is 0. The highest BCUT2D eigenvalue weighted by molar-refractivity contribution is 6.12. The highest BCUT2D eigenvalue weighted by atomic mass is 16.6. The molecule has 1 aromatic carbocycles. The number of carbonyl (C=O) groups excluding carboxylic acids is 1. The van der Waals surface area contributed by atoms with E-state index in [0.717, 1.165) is 29.7 Å². The first-order valence-electron chi connectivity index (χ1n) is 7.90. The van der Waals surface area contributed by atoms with Crippen molar-refractivity contribution in [2.75, 3.05) is 6.61 Å². The maximum Gasteiger partial charge on any atom is 0.363 e. The summed E-state index contributed by atoms with van der Waals surface area (Å²) in [6.45, 7) is 2.82. The fourth-order valence-corrected chi connectivity index (χ4v) is 2.23. The Morgan fingerprint density at radius 2 is 2.08 bits per heavy atom. The number of aryl methyl sites for hydroxylation is 1. The van der Waals surface area contributed by atoms with Crippen LogP contribution >= 0.6 is 0 Å². The van der Waals surface area contributed by atoms with Gasteiger partial charge in [0.05, 0.1) is 12.8 Å². The molecule has 0 spiro atoms. The zero-order valence-corrected chi connectivity index (χ0v) is 13.7. The summed E-state index contributed by atoms with van der Waals surface area (Å²) in [5.74, 6) is 0.635. The van der Waals surface area contributed by atoms with Gasteiger partial charge < -0.3 is 9.47 Å². The van der Waals surface area contributed by atoms with Crippen LogP contribution in [0.3, 0.4) is 0 Å². The number of rotatable bonds is 6. The molecule has 0 radical (unpaired) electrons. The molecule has 0 atom stereocenters. The standard InChI is InChI=1S/C18H19N3O3/c1-3-4-9-23-15-7-5-14(6-8-15)17-20-16(18(22)24-17)10-13-11-19-21(2)12-13/h5-8,10-12H,3-4,9H2,1-2H3/b16-10+. The van der Waals surface area contributed by atoms with Crippen molar-refractivity contribution >= 4 is 17.9 Å². The van der Waals surface area contributed by atoms with Gasteiger partial charge in [0.15, 0.2) is 5.70 Å². The number of aromatic nitrogens is 2. The molecular formula is C18H19N3O3. The Labute approximate surface area is 140 Å². The second-order valence-electron chi connectivity index (χ2n) is 5.51. The summed E-state index contributed by atoms with van der Waals surface area (Å²) in [4.78, 5) is 16.2. The van der Waals surface area contributed by atoms with Gasteiger partial charge in [0.2, 0.25) is 5.90 Å². The van der Waals surface area contributed by atoms with Crippen LogP contribution in [-0.4, -0.2) is 28.3 Å². The van der Waals surface area contributed by atoms with Crippen LogP contribution in [0.1, 0.15) is 30.9 Å². The summed E-state index contributed by atoms with van der Waals surface area (Å²) in [6.07, 6.45) is 7.24. The summed E-state index contributed by atoms with van der Waals surface area (Å²) in [5.41, 5.74) is 1.80. The normalized spacial score (nSPS) is 15.5. The number of nitrogens with zero attached hydrogens (tertiary/aromatic N) is 3. The molecule has 1 aliphatic rings. The first kappa shape index (κ1) is 16.0. The molecule has 6 heteroatoms. The molecule has 2 heterocycles. The van der Waals surface area contributed by atoms with Gasteiger partial charge in [-0.3, -0.25) is 4.68 Å². The zero-order valence-electron chi connectivity index (χ0n) is 13.7. The molecule has 6 nitrogen and oxygen atoms in total. The SMILES string of the molecule is CCCCOc1ccc(C2=N/C(=C/c3cnn(C)c3)C(=O)O2)cc1. The Bertz CT molecular complexity index is 788. The molecule has 0 saturated carbocycles. The van der Waals surface area contributed by atoms with Gasteiger partial charge in [-0.25, -0.2) is 9.79 Å². The zero-order chi connectivity index (χ0) is 16.9. The second-order valence-corrected chi connectivity index (χ2v) is 5.51. The van der Waals surface area contributed by atoms with Gasteiger partial charge in [-0.2, -0.15) is 5.10 Å². The number of carbonyl (C=O) groups is 1. The summed E-state index contributed by atoms with van der Waals surface area (Å²) in [5, 5.41) is 4.06. The molecule has 0 aliphatic carbocycles. The number of ether oxygens (including phenoxy) is 2. The molecule has 1 aromatic heterocycles. The summed E-state index contributed by atoms with van der Waals surface area (Å²) in [6, 6.07) is 7.37. The summed E-state index contributed by atoms with van der Waals surface area (Å²) >= 11 is 0. The third-order valence-corrected chi connectivity index (χ3v) is 3.52. The predicted molar refractivity (Wildman–Crippen MR) is 90.7 cm³/mol. The van der Waals surface area contributed by atoms with Crippen LogP contribution in [0.25, 0.3) is 6.08 Å². The lowest BCUT2D eigenvalue weighted by molar-refractivity contribution is -0.129. The number of cyclic esters (lactones) is 1. The highest BCUT2D eigenvalue weighted by Gasteiger charge is 2.24. The van der Waals surface area contributed by atoms with Crippen molar-refractivity contribution < 1.29 is 14.3 Å². The van der Waals surface area contributed by atoms with Crippen LogP contribution in [-0.2, 0) is 16.6 Å². The molecule has 0 saturated heterocycles. The third kappa shape index (κ3) is 3.71. The first-order chi connectivity index (χ1) is 11.7. The van der Waals surface area contributed by atoms with Crippen molar-refractivity contribution in [3.63, 3.8) is 0 Å². The van der Waals surface area contributed by atoms with Gasteiger partial charge in [-0.1, -0.05) is 13.3 Å². The average Bonchev–Trinajstić information content (AvgIpc) is 3.15. The van der Waals surface area contributed by atoms with Crippen molar-refractivity contribution in [2.24, 2.45) is 12.0 Å². The van der Waals surface area contributed by atoms with E-state index >= 15 is 0 Å². The maximum atomic E-state index is 12.0. The summed E-state index contributed by atoms with van der Waals surface area (Å²) < 4.78 is 12.5. The van der Waals surface area contributed by atoms with Crippen LogP contribution in [0.5, 0.6) is 5.75 Å². The first-order valence-corrected chi connectivity index (χ1v) is 7.90. The molecule has 0 amide bonds. The quantitative estimate of drug-likeness (QED) is 0.465. The van der Waals surface area contributed by atoms with Crippen LogP contribution in [0, 0.1) is 0 Å². The number of unbranched alkanes of at least 4 members (excludes halogenated alkanes) is 1. The van der Waals surface area contributed by atoms with Gasteiger partial charge in [-0.15, -0.1) is 0 Å². The Morgan fingerprint density at radius 1 is 1.29 bits per heavy atom. The minimum Gasteiger partial charge on any atom is -0.494 e. The Balaban J connectivity index is 1.74. The van der Waals surface area contributed by atoms with Crippen LogP contribution in [0.4, 0.5) is 0 Å². The molecule has 24 heavy (non-hydrogen) atoms. The highest BCUT2D eigenvalue weighted by Crippen LogP contribution is 2.20. The Hall–Kier alpha value is -2.89. The number of esters is 1. The van der Waals surface area contributed by atoms with Crippen molar-refractivity contribution in [1.82, 2.24) is 9.78 Å². The minimum absolute atomic E-state index is 0.265. The molecule has 2 aromatic rings. The molecular weight excluding hydrogens is 306 g/mol. The van der Waals surface area contributed by atoms with E-state index in [1.54, 1.807) is 23.2 Å². The van der Waals surface area contributed by atoms with E-state index < -0.39 is 5.97 Å². The van der Waals surface area contributed by atoms with Crippen LogP contribution < -0.4 is 4.74 Å². The second kappa shape index (κ2) is 7.12. The predicted octanol–water partition coefficient (Wildman–Crippen LogP) is 2.94. The molecule has 0 unspecified atom stereocenters. The Kier molecular flexibility index (Phi) is 4.74. The third-order valence-electron chi connectivity index (χ3n) is 3.52. The van der Waals surface area contributed by atoms with E-state index in [0.29, 0.717) is 12.5 Å². The van der Waals surface area contributed by atoms with Gasteiger partial charge >= 0.3 is 5.97 Å².